The molecule has 17 heavy (non-hydrogen) atoms. The quantitative estimate of drug-likeness (QED) is 0.579. The van der Waals surface area contributed by atoms with E-state index >= 15 is 0 Å². The Morgan fingerprint density at radius 1 is 1.41 bits per heavy atom. The van der Waals surface area contributed by atoms with Crippen LogP contribution < -0.4 is 4.74 Å². The summed E-state index contributed by atoms with van der Waals surface area (Å²) in [6.45, 7) is 6.80. The molecule has 1 saturated heterocycles. The molecule has 2 rings (SSSR count). The number of hydrogen-bond acceptors (Lipinski definition) is 3. The van der Waals surface area contributed by atoms with Crippen LogP contribution in [0.4, 0.5) is 0 Å². The Hall–Kier alpha value is -1.32. The van der Waals surface area contributed by atoms with Crippen molar-refractivity contribution in [3.63, 3.8) is 0 Å². The zero-order valence-corrected chi connectivity index (χ0v) is 10.1. The second-order valence-electron chi connectivity index (χ2n) is 4.25. The summed E-state index contributed by atoms with van der Waals surface area (Å²) in [4.78, 5) is 0. The molecule has 0 radical (unpaired) electrons. The average Bonchev–Trinajstić information content (AvgIpc) is 2.77. The highest BCUT2D eigenvalue weighted by atomic mass is 16.7. The summed E-state index contributed by atoms with van der Waals surface area (Å²) in [6, 6.07) is 9.63. The average molecular weight is 234 g/mol. The molecular formula is C14H18O3. The van der Waals surface area contributed by atoms with Gasteiger partial charge in [0, 0.05) is 0 Å². The SMILES string of the molecule is C=C1COC(C(C)OCOc2ccccc2)C1. The van der Waals surface area contributed by atoms with Gasteiger partial charge in [0.1, 0.15) is 5.75 Å². The first-order valence-electron chi connectivity index (χ1n) is 5.83. The third-order valence-corrected chi connectivity index (χ3v) is 2.81. The molecule has 2 unspecified atom stereocenters. The van der Waals surface area contributed by atoms with Crippen LogP contribution in [0.2, 0.25) is 0 Å². The first-order valence-corrected chi connectivity index (χ1v) is 5.83. The van der Waals surface area contributed by atoms with Crippen molar-refractivity contribution in [1.29, 1.82) is 0 Å². The van der Waals surface area contributed by atoms with Crippen molar-refractivity contribution < 1.29 is 14.2 Å². The Labute approximate surface area is 102 Å². The van der Waals surface area contributed by atoms with Crippen molar-refractivity contribution in [1.82, 2.24) is 0 Å². The Morgan fingerprint density at radius 2 is 2.18 bits per heavy atom. The predicted molar refractivity (Wildman–Crippen MR) is 66.0 cm³/mol. The molecule has 1 heterocycles. The van der Waals surface area contributed by atoms with E-state index in [-0.39, 0.29) is 19.0 Å². The van der Waals surface area contributed by atoms with E-state index in [4.69, 9.17) is 14.2 Å². The molecule has 3 heteroatoms. The standard InChI is InChI=1S/C14H18O3/c1-11-8-14(15-9-11)12(2)16-10-17-13-6-4-3-5-7-13/h3-7,12,14H,1,8-10H2,2H3. The third-order valence-electron chi connectivity index (χ3n) is 2.81. The molecule has 1 fully saturated rings. The lowest BCUT2D eigenvalue weighted by Gasteiger charge is -2.19. The first kappa shape index (κ1) is 12.1. The lowest BCUT2D eigenvalue weighted by Crippen LogP contribution is -2.26. The van der Waals surface area contributed by atoms with Crippen molar-refractivity contribution in [3.05, 3.63) is 42.5 Å². The van der Waals surface area contributed by atoms with Crippen molar-refractivity contribution in [3.8, 4) is 5.75 Å². The molecule has 0 amide bonds. The van der Waals surface area contributed by atoms with E-state index in [1.165, 1.54) is 0 Å². The van der Waals surface area contributed by atoms with Gasteiger partial charge >= 0.3 is 0 Å². The molecular weight excluding hydrogens is 216 g/mol. The second kappa shape index (κ2) is 5.84. The van der Waals surface area contributed by atoms with Gasteiger partial charge in [-0.2, -0.15) is 0 Å². The molecule has 1 aromatic rings. The van der Waals surface area contributed by atoms with E-state index < -0.39 is 0 Å². The molecule has 1 aliphatic heterocycles. The minimum atomic E-state index is 0.0259. The van der Waals surface area contributed by atoms with E-state index in [0.29, 0.717) is 6.61 Å². The maximum atomic E-state index is 5.59. The van der Waals surface area contributed by atoms with E-state index in [2.05, 4.69) is 6.58 Å². The van der Waals surface area contributed by atoms with Gasteiger partial charge in [-0.25, -0.2) is 0 Å². The van der Waals surface area contributed by atoms with Gasteiger partial charge in [0.05, 0.1) is 18.8 Å². The number of para-hydroxylation sites is 1. The smallest absolute Gasteiger partial charge is 0.189 e. The van der Waals surface area contributed by atoms with Crippen molar-refractivity contribution in [2.75, 3.05) is 13.4 Å². The summed E-state index contributed by atoms with van der Waals surface area (Å²) in [7, 11) is 0. The highest BCUT2D eigenvalue weighted by Crippen LogP contribution is 2.21. The number of hydrogen-bond donors (Lipinski definition) is 0. The molecule has 1 aliphatic rings. The summed E-state index contributed by atoms with van der Waals surface area (Å²) >= 11 is 0. The van der Waals surface area contributed by atoms with E-state index in [9.17, 15) is 0 Å². The van der Waals surface area contributed by atoms with Crippen LogP contribution in [0.3, 0.4) is 0 Å². The normalized spacial score (nSPS) is 21.5. The minimum Gasteiger partial charge on any atom is -0.468 e. The predicted octanol–water partition coefficient (Wildman–Crippen LogP) is 2.77. The summed E-state index contributed by atoms with van der Waals surface area (Å²) in [5.74, 6) is 0.816. The van der Waals surface area contributed by atoms with Gasteiger partial charge < -0.3 is 14.2 Å². The monoisotopic (exact) mass is 234 g/mol. The number of rotatable bonds is 5. The van der Waals surface area contributed by atoms with Crippen molar-refractivity contribution in [2.24, 2.45) is 0 Å². The summed E-state index contributed by atoms with van der Waals surface area (Å²) in [5, 5.41) is 0. The molecule has 0 N–H and O–H groups in total. The summed E-state index contributed by atoms with van der Waals surface area (Å²) in [5.41, 5.74) is 1.13. The van der Waals surface area contributed by atoms with Gasteiger partial charge in [-0.15, -0.1) is 0 Å². The van der Waals surface area contributed by atoms with E-state index in [0.717, 1.165) is 17.7 Å². The molecule has 0 saturated carbocycles. The lowest BCUT2D eigenvalue weighted by molar-refractivity contribution is -0.0855. The number of ether oxygens (including phenoxy) is 3. The van der Waals surface area contributed by atoms with E-state index in [1.54, 1.807) is 0 Å². The van der Waals surface area contributed by atoms with Gasteiger partial charge in [0.15, 0.2) is 6.79 Å². The Morgan fingerprint density at radius 3 is 2.82 bits per heavy atom. The van der Waals surface area contributed by atoms with Gasteiger partial charge in [-0.3, -0.25) is 0 Å². The van der Waals surface area contributed by atoms with E-state index in [1.807, 2.05) is 37.3 Å². The molecule has 2 atom stereocenters. The lowest BCUT2D eigenvalue weighted by atomic mass is 10.1. The Kier molecular flexibility index (Phi) is 4.18. The maximum absolute atomic E-state index is 5.59. The molecule has 0 bridgehead atoms. The highest BCUT2D eigenvalue weighted by Gasteiger charge is 2.25. The van der Waals surface area contributed by atoms with Crippen LogP contribution in [-0.4, -0.2) is 25.6 Å². The fourth-order valence-corrected chi connectivity index (χ4v) is 1.76. The molecule has 1 aromatic carbocycles. The van der Waals surface area contributed by atoms with Crippen LogP contribution in [0.5, 0.6) is 5.75 Å². The third kappa shape index (κ3) is 3.58. The topological polar surface area (TPSA) is 27.7 Å². The van der Waals surface area contributed by atoms with Gasteiger partial charge in [-0.05, 0) is 31.1 Å². The van der Waals surface area contributed by atoms with Crippen molar-refractivity contribution >= 4 is 0 Å². The second-order valence-corrected chi connectivity index (χ2v) is 4.25. The Bertz CT molecular complexity index is 361. The molecule has 0 spiro atoms. The van der Waals surface area contributed by atoms with Crippen LogP contribution in [0, 0.1) is 0 Å². The van der Waals surface area contributed by atoms with Crippen LogP contribution in [-0.2, 0) is 9.47 Å². The highest BCUT2D eigenvalue weighted by molar-refractivity contribution is 5.20. The zero-order valence-electron chi connectivity index (χ0n) is 10.1. The van der Waals surface area contributed by atoms with Gasteiger partial charge in [-0.1, -0.05) is 24.8 Å². The molecule has 92 valence electrons. The molecule has 3 nitrogen and oxygen atoms in total. The van der Waals surface area contributed by atoms with Crippen LogP contribution in [0.1, 0.15) is 13.3 Å². The number of benzene rings is 1. The van der Waals surface area contributed by atoms with Gasteiger partial charge in [0.2, 0.25) is 0 Å². The minimum absolute atomic E-state index is 0.0259. The van der Waals surface area contributed by atoms with Crippen molar-refractivity contribution in [2.45, 2.75) is 25.6 Å². The largest absolute Gasteiger partial charge is 0.468 e. The Balaban J connectivity index is 1.70. The fraction of sp³-hybridized carbons (Fsp3) is 0.429. The maximum Gasteiger partial charge on any atom is 0.189 e. The summed E-state index contributed by atoms with van der Waals surface area (Å²) < 4.78 is 16.6. The first-order chi connectivity index (χ1) is 8.25. The zero-order chi connectivity index (χ0) is 12.1. The van der Waals surface area contributed by atoms with Gasteiger partial charge in [0.25, 0.3) is 0 Å². The van der Waals surface area contributed by atoms with Crippen LogP contribution in [0.15, 0.2) is 42.5 Å². The molecule has 0 aliphatic carbocycles. The molecule has 0 aromatic heterocycles. The van der Waals surface area contributed by atoms with Crippen LogP contribution >= 0.6 is 0 Å². The van der Waals surface area contributed by atoms with Crippen LogP contribution in [0.25, 0.3) is 0 Å². The fourth-order valence-electron chi connectivity index (χ4n) is 1.76. The summed E-state index contributed by atoms with van der Waals surface area (Å²) in [6.07, 6.45) is 1.02.